The van der Waals surface area contributed by atoms with Crippen LogP contribution in [0.1, 0.15) is 25.0 Å². The van der Waals surface area contributed by atoms with E-state index in [-0.39, 0.29) is 26.2 Å². The molecule has 2 atom stereocenters. The van der Waals surface area contributed by atoms with Crippen LogP contribution in [0, 0.1) is 5.82 Å². The van der Waals surface area contributed by atoms with Crippen LogP contribution in [0.2, 0.25) is 0 Å². The Labute approximate surface area is 203 Å². The van der Waals surface area contributed by atoms with Gasteiger partial charge in [0, 0.05) is 7.05 Å². The molecule has 2 aliphatic heterocycles. The van der Waals surface area contributed by atoms with Crippen LogP contribution in [0.3, 0.4) is 0 Å². The lowest BCUT2D eigenvalue weighted by Crippen LogP contribution is -2.45. The molecule has 2 aromatic carbocycles. The first-order valence-corrected chi connectivity index (χ1v) is 12.3. The monoisotopic (exact) mass is 555 g/mol. The van der Waals surface area contributed by atoms with Crippen LogP contribution >= 0.6 is 28.1 Å². The molecule has 0 aromatic heterocycles. The van der Waals surface area contributed by atoms with Gasteiger partial charge < -0.3 is 10.2 Å². The number of halogens is 2. The van der Waals surface area contributed by atoms with E-state index in [1.165, 1.54) is 35.1 Å². The summed E-state index contributed by atoms with van der Waals surface area (Å²) in [6, 6.07) is 10.2. The number of carbonyl (C=O) groups is 1. The lowest BCUT2D eigenvalue weighted by atomic mass is 9.82. The van der Waals surface area contributed by atoms with E-state index in [2.05, 4.69) is 21.2 Å². The van der Waals surface area contributed by atoms with Crippen molar-refractivity contribution in [1.29, 1.82) is 0 Å². The van der Waals surface area contributed by atoms with Gasteiger partial charge in [-0.25, -0.2) is 9.45 Å². The average Bonchev–Trinajstić information content (AvgIpc) is 3.18. The third-order valence-electron chi connectivity index (χ3n) is 5.72. The lowest BCUT2D eigenvalue weighted by molar-refractivity contribution is -0.129. The smallest absolute Gasteiger partial charge is 0.296 e. The van der Waals surface area contributed by atoms with Crippen LogP contribution in [-0.2, 0) is 25.3 Å². The normalized spacial score (nSPS) is 23.3. The van der Waals surface area contributed by atoms with Gasteiger partial charge in [-0.2, -0.15) is 8.42 Å². The number of allylic oxidation sites excluding steroid dienone is 1. The second-order valence-corrected chi connectivity index (χ2v) is 10.3. The highest BCUT2D eigenvalue weighted by molar-refractivity contribution is 9.10. The minimum absolute atomic E-state index is 0.0707. The van der Waals surface area contributed by atoms with Gasteiger partial charge in [0.25, 0.3) is 16.0 Å². The third kappa shape index (κ3) is 3.70. The number of carbonyl (C=O) groups excluding carboxylic acids is 1. The molecule has 1 fully saturated rings. The topological polar surface area (TPSA) is 99.2 Å². The number of nitrogens with zero attached hydrogens (tertiary/aromatic N) is 2. The molecule has 1 amide bonds. The fraction of sp³-hybridized carbons (Fsp3) is 0.238. The minimum atomic E-state index is -4.43. The van der Waals surface area contributed by atoms with Crippen molar-refractivity contribution in [3.63, 3.8) is 0 Å². The van der Waals surface area contributed by atoms with Gasteiger partial charge in [-0.05, 0) is 77.4 Å². The zero-order valence-corrected chi connectivity index (χ0v) is 20.9. The predicted molar refractivity (Wildman–Crippen MR) is 127 cm³/mol. The number of hydroxylamine groups is 1. The highest BCUT2D eigenvalue weighted by Gasteiger charge is 2.51. The highest BCUT2D eigenvalue weighted by atomic mass is 79.9. The van der Waals surface area contributed by atoms with Crippen molar-refractivity contribution in [2.75, 3.05) is 12.1 Å². The van der Waals surface area contributed by atoms with Gasteiger partial charge in [-0.1, -0.05) is 18.2 Å². The van der Waals surface area contributed by atoms with E-state index in [1.807, 2.05) is 0 Å². The Balaban J connectivity index is 1.77. The molecule has 0 radical (unpaired) electrons. The van der Waals surface area contributed by atoms with E-state index >= 15 is 0 Å². The van der Waals surface area contributed by atoms with Gasteiger partial charge in [0.05, 0.1) is 10.2 Å². The summed E-state index contributed by atoms with van der Waals surface area (Å²) in [4.78, 5) is 20.0. The van der Waals surface area contributed by atoms with Crippen molar-refractivity contribution in [2.24, 2.45) is 0 Å². The van der Waals surface area contributed by atoms with Gasteiger partial charge in [0.1, 0.15) is 22.5 Å². The molecule has 2 unspecified atom stereocenters. The molecular formula is C21H19BrFN3O5S2. The van der Waals surface area contributed by atoms with Crippen molar-refractivity contribution in [1.82, 2.24) is 10.2 Å². The Morgan fingerprint density at radius 3 is 2.30 bits per heavy atom. The molecule has 174 valence electrons. The predicted octanol–water partition coefficient (Wildman–Crippen LogP) is 3.44. The molecule has 33 heavy (non-hydrogen) atoms. The fourth-order valence-electron chi connectivity index (χ4n) is 4.13. The number of rotatable bonds is 4. The summed E-state index contributed by atoms with van der Waals surface area (Å²) < 4.78 is 47.0. The lowest BCUT2D eigenvalue weighted by Gasteiger charge is -2.29. The number of amides is 1. The number of likely N-dealkylation sites (N-methyl/N-ethyl adjacent to an activating group) is 1. The van der Waals surface area contributed by atoms with Crippen molar-refractivity contribution in [2.45, 2.75) is 25.4 Å². The summed E-state index contributed by atoms with van der Waals surface area (Å²) in [5.74, 6) is -0.736. The maximum absolute atomic E-state index is 13.9. The summed E-state index contributed by atoms with van der Waals surface area (Å²) in [7, 11) is -2.88. The first-order chi connectivity index (χ1) is 15.4. The summed E-state index contributed by atoms with van der Waals surface area (Å²) in [5, 5.41) is 4.65. The Morgan fingerprint density at radius 1 is 1.21 bits per heavy atom. The molecule has 0 saturated carbocycles. The van der Waals surface area contributed by atoms with Gasteiger partial charge in [0.15, 0.2) is 10.7 Å². The standard InChI is InChI=1S/C21H19BrFN3O5S2/c1-11-18(33(28,29)30)12(2)31-26(11)15-7-4-13(5-8-15)21(19(27)25(3)20(32)24-21)14-6-9-17(23)16(22)10-14/h4-11H,1-3H3,(H,24,32)(H,28,29,30). The number of hydrogen-bond donors (Lipinski definition) is 2. The number of nitrogens with one attached hydrogen (secondary N) is 1. The SMILES string of the molecule is CC1=C(S(=O)(=O)O)C(C)N(c2ccc(C3(c4ccc(F)c(Br)c4)NC(=S)N(C)C3=O)cc2)O1. The third-order valence-corrected chi connectivity index (χ3v) is 7.89. The zero-order chi connectivity index (χ0) is 24.3. The maximum Gasteiger partial charge on any atom is 0.296 e. The minimum Gasteiger partial charge on any atom is -0.383 e. The Hall–Kier alpha value is -2.54. The molecule has 2 N–H and O–H groups in total. The van der Waals surface area contributed by atoms with Crippen molar-refractivity contribution in [3.8, 4) is 0 Å². The molecule has 0 aliphatic carbocycles. The number of anilines is 1. The molecule has 8 nitrogen and oxygen atoms in total. The Morgan fingerprint density at radius 2 is 1.82 bits per heavy atom. The molecule has 0 spiro atoms. The van der Waals surface area contributed by atoms with E-state index in [9.17, 15) is 22.2 Å². The summed E-state index contributed by atoms with van der Waals surface area (Å²) >= 11 is 8.48. The molecular weight excluding hydrogens is 537 g/mol. The molecule has 2 aliphatic rings. The van der Waals surface area contributed by atoms with Crippen LogP contribution in [0.4, 0.5) is 10.1 Å². The molecule has 1 saturated heterocycles. The van der Waals surface area contributed by atoms with Crippen LogP contribution < -0.4 is 10.4 Å². The largest absolute Gasteiger partial charge is 0.383 e. The van der Waals surface area contributed by atoms with Crippen LogP contribution in [0.5, 0.6) is 0 Å². The second-order valence-electron chi connectivity index (χ2n) is 7.71. The van der Waals surface area contributed by atoms with Gasteiger partial charge in [-0.15, -0.1) is 0 Å². The van der Waals surface area contributed by atoms with E-state index in [0.717, 1.165) is 0 Å². The average molecular weight is 556 g/mol. The van der Waals surface area contributed by atoms with E-state index < -0.39 is 27.5 Å². The number of benzene rings is 2. The quantitative estimate of drug-likeness (QED) is 0.437. The maximum atomic E-state index is 13.9. The number of thiocarbonyl (C=S) groups is 1. The summed E-state index contributed by atoms with van der Waals surface area (Å²) in [6.45, 7) is 3.04. The molecule has 12 heteroatoms. The van der Waals surface area contributed by atoms with Crippen LogP contribution in [0.15, 0.2) is 57.6 Å². The molecule has 4 rings (SSSR count). The van der Waals surface area contributed by atoms with Gasteiger partial charge in [-0.3, -0.25) is 14.2 Å². The van der Waals surface area contributed by atoms with E-state index in [4.69, 9.17) is 17.1 Å². The molecule has 2 heterocycles. The second kappa shape index (κ2) is 8.05. The Kier molecular flexibility index (Phi) is 5.76. The molecule has 2 aromatic rings. The first kappa shape index (κ1) is 23.6. The summed E-state index contributed by atoms with van der Waals surface area (Å²) in [6.07, 6.45) is 0. The van der Waals surface area contributed by atoms with E-state index in [1.54, 1.807) is 38.2 Å². The summed E-state index contributed by atoms with van der Waals surface area (Å²) in [5.41, 5.74) is 0.137. The zero-order valence-electron chi connectivity index (χ0n) is 17.7. The first-order valence-electron chi connectivity index (χ1n) is 9.69. The Bertz CT molecular complexity index is 1320. The van der Waals surface area contributed by atoms with Gasteiger partial charge >= 0.3 is 0 Å². The van der Waals surface area contributed by atoms with Gasteiger partial charge in [0.2, 0.25) is 0 Å². The van der Waals surface area contributed by atoms with E-state index in [0.29, 0.717) is 16.8 Å². The molecule has 0 bridgehead atoms. The van der Waals surface area contributed by atoms with Crippen LogP contribution in [0.25, 0.3) is 0 Å². The number of hydrogen-bond acceptors (Lipinski definition) is 6. The van der Waals surface area contributed by atoms with Crippen molar-refractivity contribution >= 4 is 55.0 Å². The van der Waals surface area contributed by atoms with Crippen molar-refractivity contribution < 1.29 is 27.0 Å². The van der Waals surface area contributed by atoms with Crippen LogP contribution in [-0.4, -0.2) is 42.0 Å². The fourth-order valence-corrected chi connectivity index (χ4v) is 5.68. The van der Waals surface area contributed by atoms with Crippen molar-refractivity contribution in [3.05, 3.63) is 74.5 Å². The highest BCUT2D eigenvalue weighted by Crippen LogP contribution is 2.39.